The van der Waals surface area contributed by atoms with Gasteiger partial charge in [-0.3, -0.25) is 5.32 Å². The lowest BCUT2D eigenvalue weighted by atomic mass is 10.2. The van der Waals surface area contributed by atoms with Crippen LogP contribution in [0.25, 0.3) is 11.2 Å². The molecule has 2 aromatic heterocycles. The first-order valence-electron chi connectivity index (χ1n) is 12.7. The molecule has 14 heteroatoms. The average molecular weight is 555 g/mol. The lowest BCUT2D eigenvalue weighted by molar-refractivity contribution is -0.793. The summed E-state index contributed by atoms with van der Waals surface area (Å²) >= 11 is 0. The van der Waals surface area contributed by atoms with Crippen molar-refractivity contribution in [2.45, 2.75) is 65.0 Å². The molecule has 1 fully saturated rings. The Hall–Kier alpha value is -4.59. The zero-order valence-corrected chi connectivity index (χ0v) is 22.7. The first kappa shape index (κ1) is 28.4. The third-order valence-electron chi connectivity index (χ3n) is 6.53. The Labute approximate surface area is 229 Å². The number of carbonyl (C=O) groups is 4. The van der Waals surface area contributed by atoms with Gasteiger partial charge < -0.3 is 24.5 Å². The minimum Gasteiger partial charge on any atom is -0.444 e. The van der Waals surface area contributed by atoms with Crippen LogP contribution in [-0.2, 0) is 27.4 Å². The highest BCUT2D eigenvalue weighted by molar-refractivity contribution is 5.93. The summed E-state index contributed by atoms with van der Waals surface area (Å²) in [5.74, 6) is -0.546. The van der Waals surface area contributed by atoms with Gasteiger partial charge in [-0.1, -0.05) is 30.3 Å². The van der Waals surface area contributed by atoms with Gasteiger partial charge in [0.05, 0.1) is 12.4 Å². The fourth-order valence-corrected chi connectivity index (χ4v) is 4.71. The van der Waals surface area contributed by atoms with Crippen molar-refractivity contribution < 1.29 is 38.2 Å². The molecular weight excluding hydrogens is 522 g/mol. The Bertz CT molecular complexity index is 1420. The maximum Gasteiger partial charge on any atom is 0.521 e. The van der Waals surface area contributed by atoms with E-state index in [0.29, 0.717) is 0 Å². The van der Waals surface area contributed by atoms with E-state index in [1.54, 1.807) is 27.7 Å². The van der Waals surface area contributed by atoms with Gasteiger partial charge in [-0.15, -0.1) is 0 Å². The highest BCUT2D eigenvalue weighted by Gasteiger charge is 2.56. The number of carboxylic acid groups (broad SMARTS) is 1. The standard InChI is InChI=1S/C26H31N7O7/c1-16-10-18(30-24(36)40-26(2,3)4)12-33(16,25(37)38)19(34)11-32-15-29-20-21(27-14-28-22(20)32)31-23(35)39-13-17-8-6-5-7-9-17/h5-9,14-16,18H,10-13H2,1-4H3,(H2-,27,28,30,31,35,36,37,38)/p+1/t16-,18+,33-/m1/s1. The van der Waals surface area contributed by atoms with E-state index in [0.717, 1.165) is 5.56 Å². The van der Waals surface area contributed by atoms with Crippen molar-refractivity contribution in [3.05, 3.63) is 48.5 Å². The Morgan fingerprint density at radius 2 is 1.82 bits per heavy atom. The third kappa shape index (κ3) is 6.17. The number of benzene rings is 1. The van der Waals surface area contributed by atoms with Crippen LogP contribution in [0.1, 0.15) is 39.7 Å². The number of nitrogens with one attached hydrogen (secondary N) is 2. The number of fused-ring (bicyclic) bond motifs is 1. The molecule has 3 heterocycles. The Morgan fingerprint density at radius 1 is 1.10 bits per heavy atom. The summed E-state index contributed by atoms with van der Waals surface area (Å²) in [6.07, 6.45) is 0.0322. The molecule has 0 radical (unpaired) electrons. The molecule has 0 aliphatic carbocycles. The van der Waals surface area contributed by atoms with Crippen LogP contribution in [0.4, 0.5) is 20.2 Å². The van der Waals surface area contributed by atoms with Gasteiger partial charge in [0.2, 0.25) is 0 Å². The molecule has 1 aliphatic heterocycles. The molecule has 1 aliphatic rings. The molecule has 3 atom stereocenters. The molecule has 0 saturated carbocycles. The monoisotopic (exact) mass is 554 g/mol. The number of imide groups is 1. The summed E-state index contributed by atoms with van der Waals surface area (Å²) in [7, 11) is 0. The van der Waals surface area contributed by atoms with Crippen molar-refractivity contribution in [3.8, 4) is 0 Å². The van der Waals surface area contributed by atoms with E-state index in [-0.39, 0.29) is 43.1 Å². The molecule has 1 saturated heterocycles. The number of hydrogen-bond donors (Lipinski definition) is 3. The number of hydrogen-bond acceptors (Lipinski definition) is 9. The fourth-order valence-electron chi connectivity index (χ4n) is 4.71. The van der Waals surface area contributed by atoms with E-state index in [2.05, 4.69) is 25.6 Å². The number of imidazole rings is 1. The van der Waals surface area contributed by atoms with Crippen molar-refractivity contribution in [3.63, 3.8) is 0 Å². The highest BCUT2D eigenvalue weighted by atomic mass is 16.6. The summed E-state index contributed by atoms with van der Waals surface area (Å²) in [6, 6.07) is 7.95. The molecule has 1 aromatic carbocycles. The van der Waals surface area contributed by atoms with E-state index in [9.17, 15) is 24.3 Å². The molecule has 3 N–H and O–H groups in total. The fraction of sp³-hybridized carbons (Fsp3) is 0.423. The summed E-state index contributed by atoms with van der Waals surface area (Å²) < 4.78 is 11.0. The van der Waals surface area contributed by atoms with Crippen LogP contribution in [0.15, 0.2) is 43.0 Å². The number of amides is 4. The van der Waals surface area contributed by atoms with E-state index < -0.39 is 46.4 Å². The van der Waals surface area contributed by atoms with Gasteiger partial charge in [0.1, 0.15) is 37.7 Å². The predicted octanol–water partition coefficient (Wildman–Crippen LogP) is 3.28. The minimum absolute atomic E-state index is 0.0565. The van der Waals surface area contributed by atoms with Crippen LogP contribution in [0.3, 0.4) is 0 Å². The van der Waals surface area contributed by atoms with Crippen molar-refractivity contribution in [2.24, 2.45) is 0 Å². The normalized spacial score (nSPS) is 20.6. The Balaban J connectivity index is 1.47. The van der Waals surface area contributed by atoms with Crippen molar-refractivity contribution in [2.75, 3.05) is 11.9 Å². The zero-order valence-electron chi connectivity index (χ0n) is 22.7. The number of likely N-dealkylation sites (tertiary alicyclic amines) is 1. The molecule has 14 nitrogen and oxygen atoms in total. The minimum atomic E-state index is -1.33. The van der Waals surface area contributed by atoms with Gasteiger partial charge in [0.25, 0.3) is 0 Å². The number of anilines is 1. The number of rotatable bonds is 6. The summed E-state index contributed by atoms with van der Waals surface area (Å²) in [5, 5.41) is 15.4. The molecule has 3 aromatic rings. The lowest BCUT2D eigenvalue weighted by Crippen LogP contribution is -2.60. The quantitative estimate of drug-likeness (QED) is 0.384. The van der Waals surface area contributed by atoms with Gasteiger partial charge in [-0.05, 0) is 33.3 Å². The van der Waals surface area contributed by atoms with E-state index in [1.807, 2.05) is 30.3 Å². The van der Waals surface area contributed by atoms with Crippen LogP contribution in [0.5, 0.6) is 0 Å². The number of aromatic nitrogens is 4. The molecule has 40 heavy (non-hydrogen) atoms. The van der Waals surface area contributed by atoms with Crippen molar-refractivity contribution >= 4 is 41.2 Å². The van der Waals surface area contributed by atoms with Gasteiger partial charge >= 0.3 is 24.2 Å². The van der Waals surface area contributed by atoms with E-state index in [4.69, 9.17) is 9.47 Å². The van der Waals surface area contributed by atoms with Crippen LogP contribution < -0.4 is 10.6 Å². The first-order valence-corrected chi connectivity index (χ1v) is 12.7. The summed E-state index contributed by atoms with van der Waals surface area (Å²) in [6.45, 7) is 6.37. The Kier molecular flexibility index (Phi) is 8.00. The number of nitrogens with zero attached hydrogens (tertiary/aromatic N) is 5. The van der Waals surface area contributed by atoms with Crippen LogP contribution >= 0.6 is 0 Å². The zero-order chi connectivity index (χ0) is 29.1. The number of alkyl carbamates (subject to hydrolysis) is 1. The second-order valence-electron chi connectivity index (χ2n) is 10.6. The van der Waals surface area contributed by atoms with Crippen molar-refractivity contribution in [1.82, 2.24) is 24.8 Å². The Morgan fingerprint density at radius 3 is 2.50 bits per heavy atom. The molecule has 4 rings (SSSR count). The lowest BCUT2D eigenvalue weighted by Gasteiger charge is -2.29. The second kappa shape index (κ2) is 11.3. The third-order valence-corrected chi connectivity index (χ3v) is 6.53. The van der Waals surface area contributed by atoms with Crippen LogP contribution in [0, 0.1) is 0 Å². The maximum absolute atomic E-state index is 13.5. The van der Waals surface area contributed by atoms with Gasteiger partial charge in [0, 0.05) is 6.42 Å². The topological polar surface area (TPSA) is 175 Å². The first-order chi connectivity index (χ1) is 18.9. The van der Waals surface area contributed by atoms with Crippen LogP contribution in [0.2, 0.25) is 0 Å². The number of carbonyl (C=O) groups excluding carboxylic acids is 3. The predicted molar refractivity (Wildman–Crippen MR) is 141 cm³/mol. The summed E-state index contributed by atoms with van der Waals surface area (Å²) in [4.78, 5) is 63.1. The maximum atomic E-state index is 13.5. The molecular formula is C26H32N7O7+. The second-order valence-corrected chi connectivity index (χ2v) is 10.6. The molecule has 0 spiro atoms. The number of ether oxygens (including phenoxy) is 2. The van der Waals surface area contributed by atoms with Crippen molar-refractivity contribution in [1.29, 1.82) is 0 Å². The van der Waals surface area contributed by atoms with Gasteiger partial charge in [0.15, 0.2) is 17.0 Å². The molecule has 212 valence electrons. The smallest absolute Gasteiger partial charge is 0.444 e. The highest BCUT2D eigenvalue weighted by Crippen LogP contribution is 2.30. The number of quaternary nitrogens is 1. The van der Waals surface area contributed by atoms with Gasteiger partial charge in [-0.2, -0.15) is 9.28 Å². The molecule has 4 amide bonds. The van der Waals surface area contributed by atoms with E-state index in [1.165, 1.54) is 17.2 Å². The van der Waals surface area contributed by atoms with Crippen LogP contribution in [-0.4, -0.2) is 77.5 Å². The largest absolute Gasteiger partial charge is 0.521 e. The van der Waals surface area contributed by atoms with Gasteiger partial charge in [-0.25, -0.2) is 29.3 Å². The molecule has 0 bridgehead atoms. The SMILES string of the molecule is C[C@@H]1C[C@H](NC(=O)OC(C)(C)C)C[N@+]1(C(=O)O)C(=O)Cn1cnc2c(NC(=O)OCc3ccccc3)ncnc21. The summed E-state index contributed by atoms with van der Waals surface area (Å²) in [5.41, 5.74) is 0.510. The molecule has 0 unspecified atom stereocenters. The average Bonchev–Trinajstić information content (AvgIpc) is 3.43. The van der Waals surface area contributed by atoms with E-state index >= 15 is 0 Å².